The number of nitrogens with zero attached hydrogens (tertiary/aromatic N) is 4. The van der Waals surface area contributed by atoms with Gasteiger partial charge in [-0.2, -0.15) is 4.98 Å². The van der Waals surface area contributed by atoms with Gasteiger partial charge in [-0.15, -0.1) is 0 Å². The number of unbranched alkanes of at least 4 members (excludes halogenated alkanes) is 1. The lowest BCUT2D eigenvalue weighted by atomic mass is 10.2. The zero-order valence-corrected chi connectivity index (χ0v) is 19.9. The van der Waals surface area contributed by atoms with Crippen molar-refractivity contribution in [1.29, 1.82) is 0 Å². The second-order valence-electron chi connectivity index (χ2n) is 8.98. The molecule has 0 atom stereocenters. The molecule has 1 aliphatic rings. The molecule has 0 radical (unpaired) electrons. The SMILES string of the molecule is CCCN(c1nc(N)ncc1C#CCCCNC(=O)CN(C)C(=O)OC(C)(C)C)C1CC1. The van der Waals surface area contributed by atoms with Crippen molar-refractivity contribution in [3.63, 3.8) is 0 Å². The van der Waals surface area contributed by atoms with Crippen molar-refractivity contribution in [2.45, 2.75) is 71.4 Å². The Labute approximate surface area is 191 Å². The van der Waals surface area contributed by atoms with Crippen LogP contribution in [0, 0.1) is 11.8 Å². The number of nitrogens with one attached hydrogen (secondary N) is 1. The van der Waals surface area contributed by atoms with Gasteiger partial charge in [0, 0.05) is 32.6 Å². The number of carbonyl (C=O) groups is 2. The molecule has 1 fully saturated rings. The molecule has 2 amide bonds. The lowest BCUT2D eigenvalue weighted by molar-refractivity contribution is -0.122. The Morgan fingerprint density at radius 1 is 1.34 bits per heavy atom. The summed E-state index contributed by atoms with van der Waals surface area (Å²) in [4.78, 5) is 36.0. The van der Waals surface area contributed by atoms with Crippen LogP contribution in [0.15, 0.2) is 6.20 Å². The van der Waals surface area contributed by atoms with Crippen LogP contribution in [0.25, 0.3) is 0 Å². The molecule has 0 bridgehead atoms. The van der Waals surface area contributed by atoms with Crippen LogP contribution in [0.4, 0.5) is 16.6 Å². The average Bonchev–Trinajstić information content (AvgIpc) is 3.53. The van der Waals surface area contributed by atoms with Crippen LogP contribution in [0.2, 0.25) is 0 Å². The molecule has 32 heavy (non-hydrogen) atoms. The van der Waals surface area contributed by atoms with Crippen LogP contribution in [0.5, 0.6) is 0 Å². The van der Waals surface area contributed by atoms with Gasteiger partial charge in [0.05, 0.1) is 11.8 Å². The Morgan fingerprint density at radius 3 is 2.69 bits per heavy atom. The summed E-state index contributed by atoms with van der Waals surface area (Å²) in [5.74, 6) is 7.14. The highest BCUT2D eigenvalue weighted by molar-refractivity contribution is 5.82. The van der Waals surface area contributed by atoms with E-state index in [1.165, 1.54) is 24.8 Å². The Morgan fingerprint density at radius 2 is 2.06 bits per heavy atom. The fourth-order valence-corrected chi connectivity index (χ4v) is 3.02. The number of hydrogen-bond donors (Lipinski definition) is 2. The lowest BCUT2D eigenvalue weighted by Crippen LogP contribution is -2.41. The van der Waals surface area contributed by atoms with Crippen molar-refractivity contribution in [1.82, 2.24) is 20.2 Å². The lowest BCUT2D eigenvalue weighted by Gasteiger charge is -2.24. The zero-order valence-electron chi connectivity index (χ0n) is 19.9. The van der Waals surface area contributed by atoms with Crippen molar-refractivity contribution in [2.24, 2.45) is 0 Å². The highest BCUT2D eigenvalue weighted by Crippen LogP contribution is 2.32. The molecule has 1 aromatic rings. The van der Waals surface area contributed by atoms with E-state index >= 15 is 0 Å². The van der Waals surface area contributed by atoms with Crippen molar-refractivity contribution in [3.05, 3.63) is 11.8 Å². The summed E-state index contributed by atoms with van der Waals surface area (Å²) in [7, 11) is 1.54. The highest BCUT2D eigenvalue weighted by Gasteiger charge is 2.30. The molecular formula is C23H36N6O3. The fraction of sp³-hybridized carbons (Fsp3) is 0.652. The van der Waals surface area contributed by atoms with Gasteiger partial charge in [-0.3, -0.25) is 4.79 Å². The number of carbonyl (C=O) groups excluding carboxylic acids is 2. The predicted molar refractivity (Wildman–Crippen MR) is 125 cm³/mol. The first-order valence-corrected chi connectivity index (χ1v) is 11.2. The molecule has 1 saturated carbocycles. The molecule has 1 aliphatic carbocycles. The fourth-order valence-electron chi connectivity index (χ4n) is 3.02. The third kappa shape index (κ3) is 8.61. The normalized spacial score (nSPS) is 13.0. The first-order valence-electron chi connectivity index (χ1n) is 11.2. The van der Waals surface area contributed by atoms with E-state index in [1.54, 1.807) is 27.0 Å². The number of nitrogen functional groups attached to an aromatic ring is 1. The maximum absolute atomic E-state index is 12.0. The average molecular weight is 445 g/mol. The van der Waals surface area contributed by atoms with Crippen LogP contribution in [-0.2, 0) is 9.53 Å². The quantitative estimate of drug-likeness (QED) is 0.444. The van der Waals surface area contributed by atoms with Gasteiger partial charge in [0.15, 0.2) is 0 Å². The summed E-state index contributed by atoms with van der Waals surface area (Å²) in [6.45, 7) is 8.84. The van der Waals surface area contributed by atoms with Gasteiger partial charge in [-0.05, 0) is 46.5 Å². The number of nitrogens with two attached hydrogens (primary N) is 1. The molecule has 9 nitrogen and oxygen atoms in total. The highest BCUT2D eigenvalue weighted by atomic mass is 16.6. The summed E-state index contributed by atoms with van der Waals surface area (Å²) in [6.07, 6.45) is 5.83. The minimum atomic E-state index is -0.595. The van der Waals surface area contributed by atoms with E-state index in [9.17, 15) is 9.59 Å². The van der Waals surface area contributed by atoms with E-state index in [0.717, 1.165) is 24.3 Å². The number of amides is 2. The summed E-state index contributed by atoms with van der Waals surface area (Å²) < 4.78 is 5.23. The monoisotopic (exact) mass is 444 g/mol. The van der Waals surface area contributed by atoms with Crippen LogP contribution in [0.1, 0.15) is 65.4 Å². The van der Waals surface area contributed by atoms with Gasteiger partial charge < -0.3 is 25.6 Å². The van der Waals surface area contributed by atoms with Crippen molar-refractivity contribution < 1.29 is 14.3 Å². The smallest absolute Gasteiger partial charge is 0.410 e. The first-order chi connectivity index (χ1) is 15.1. The van der Waals surface area contributed by atoms with Crippen molar-refractivity contribution >= 4 is 23.8 Å². The number of likely N-dealkylation sites (N-methyl/N-ethyl adjacent to an activating group) is 1. The Kier molecular flexibility index (Phi) is 9.12. The minimum absolute atomic E-state index is 0.0544. The number of rotatable bonds is 9. The van der Waals surface area contributed by atoms with Gasteiger partial charge in [-0.25, -0.2) is 9.78 Å². The molecule has 2 rings (SSSR count). The largest absolute Gasteiger partial charge is 0.444 e. The van der Waals surface area contributed by atoms with Crippen LogP contribution < -0.4 is 16.0 Å². The predicted octanol–water partition coefficient (Wildman–Crippen LogP) is 2.55. The van der Waals surface area contributed by atoms with E-state index in [1.807, 2.05) is 0 Å². The molecule has 0 aromatic carbocycles. The third-order valence-electron chi connectivity index (χ3n) is 4.62. The van der Waals surface area contributed by atoms with E-state index in [-0.39, 0.29) is 18.4 Å². The van der Waals surface area contributed by atoms with E-state index < -0.39 is 11.7 Å². The number of aromatic nitrogens is 2. The molecule has 0 unspecified atom stereocenters. The second-order valence-corrected chi connectivity index (χ2v) is 8.98. The standard InChI is InChI=1S/C23H36N6O3/c1-6-14-29(18-11-12-18)20-17(15-26-21(24)27-20)10-8-7-9-13-25-19(30)16-28(5)22(31)32-23(2,3)4/h15,18H,6-7,9,11-14,16H2,1-5H3,(H,25,30)(H2,24,26,27). The van der Waals surface area contributed by atoms with Gasteiger partial charge in [-0.1, -0.05) is 18.8 Å². The molecular weight excluding hydrogens is 408 g/mol. The maximum Gasteiger partial charge on any atom is 0.410 e. The summed E-state index contributed by atoms with van der Waals surface area (Å²) in [5, 5.41) is 2.80. The summed E-state index contributed by atoms with van der Waals surface area (Å²) in [5.41, 5.74) is 6.00. The molecule has 0 spiro atoms. The van der Waals surface area contributed by atoms with Crippen molar-refractivity contribution in [2.75, 3.05) is 37.3 Å². The second kappa shape index (κ2) is 11.6. The molecule has 3 N–H and O–H groups in total. The van der Waals surface area contributed by atoms with Crippen LogP contribution in [0.3, 0.4) is 0 Å². The number of anilines is 2. The molecule has 0 aliphatic heterocycles. The van der Waals surface area contributed by atoms with Gasteiger partial charge >= 0.3 is 6.09 Å². The van der Waals surface area contributed by atoms with Gasteiger partial charge in [0.2, 0.25) is 11.9 Å². The van der Waals surface area contributed by atoms with Gasteiger partial charge in [0.1, 0.15) is 18.0 Å². The Balaban J connectivity index is 1.80. The molecule has 1 aromatic heterocycles. The molecule has 176 valence electrons. The number of ether oxygens (including phenoxy) is 1. The van der Waals surface area contributed by atoms with E-state index in [2.05, 4.69) is 38.9 Å². The third-order valence-corrected chi connectivity index (χ3v) is 4.62. The molecule has 0 saturated heterocycles. The minimum Gasteiger partial charge on any atom is -0.444 e. The molecule has 9 heteroatoms. The zero-order chi connectivity index (χ0) is 23.7. The van der Waals surface area contributed by atoms with Gasteiger partial charge in [0.25, 0.3) is 0 Å². The summed E-state index contributed by atoms with van der Waals surface area (Å²) >= 11 is 0. The van der Waals surface area contributed by atoms with E-state index in [4.69, 9.17) is 10.5 Å². The molecule has 1 heterocycles. The Bertz CT molecular complexity index is 852. The maximum atomic E-state index is 12.0. The van der Waals surface area contributed by atoms with Crippen LogP contribution >= 0.6 is 0 Å². The first kappa shape index (κ1) is 25.2. The van der Waals surface area contributed by atoms with Crippen LogP contribution in [-0.4, -0.2) is 65.2 Å². The summed E-state index contributed by atoms with van der Waals surface area (Å²) in [6, 6.07) is 0.513. The van der Waals surface area contributed by atoms with Crippen molar-refractivity contribution in [3.8, 4) is 11.8 Å². The number of hydrogen-bond acceptors (Lipinski definition) is 7. The Hall–Kier alpha value is -3.02. The van der Waals surface area contributed by atoms with E-state index in [0.29, 0.717) is 25.4 Å². The topological polar surface area (TPSA) is 114 Å².